The first-order chi connectivity index (χ1) is 13.2. The number of carbonyl (C=O) groups excluding carboxylic acids is 2. The Hall–Kier alpha value is -3.32. The Labute approximate surface area is 161 Å². The maximum atomic E-state index is 12.0. The highest BCUT2D eigenvalue weighted by Crippen LogP contribution is 2.20. The molecule has 0 atom stereocenters. The lowest BCUT2D eigenvalue weighted by Crippen LogP contribution is -2.19. The van der Waals surface area contributed by atoms with E-state index in [0.29, 0.717) is 11.5 Å². The summed E-state index contributed by atoms with van der Waals surface area (Å²) >= 11 is 1.41. The van der Waals surface area contributed by atoms with Gasteiger partial charge in [-0.3, -0.25) is 4.79 Å². The summed E-state index contributed by atoms with van der Waals surface area (Å²) in [5.74, 6) is 0.688. The molecule has 0 unspecified atom stereocenters. The zero-order valence-electron chi connectivity index (χ0n) is 14.4. The molecule has 3 rings (SSSR count). The minimum atomic E-state index is -0.309. The van der Waals surface area contributed by atoms with Crippen LogP contribution in [-0.4, -0.2) is 22.7 Å². The maximum absolute atomic E-state index is 12.0. The van der Waals surface area contributed by atoms with Crippen LogP contribution in [0.25, 0.3) is 0 Å². The zero-order valence-corrected chi connectivity index (χ0v) is 15.2. The summed E-state index contributed by atoms with van der Waals surface area (Å²) in [7, 11) is 0. The molecule has 1 aromatic heterocycles. The topological polar surface area (TPSA) is 83.1 Å². The summed E-state index contributed by atoms with van der Waals surface area (Å²) in [6.45, 7) is 0. The molecular weight excluding hydrogens is 360 g/mol. The third kappa shape index (κ3) is 6.16. The molecule has 0 saturated heterocycles. The molecule has 6 nitrogen and oxygen atoms in total. The summed E-state index contributed by atoms with van der Waals surface area (Å²) in [5.41, 5.74) is 1.40. The lowest BCUT2D eigenvalue weighted by atomic mass is 10.3. The van der Waals surface area contributed by atoms with Crippen molar-refractivity contribution in [2.45, 2.75) is 4.90 Å². The van der Waals surface area contributed by atoms with Gasteiger partial charge < -0.3 is 16.0 Å². The van der Waals surface area contributed by atoms with Gasteiger partial charge in [-0.2, -0.15) is 0 Å². The van der Waals surface area contributed by atoms with Crippen molar-refractivity contribution in [3.05, 3.63) is 79.0 Å². The van der Waals surface area contributed by atoms with Crippen LogP contribution in [0.3, 0.4) is 0 Å². The van der Waals surface area contributed by atoms with E-state index in [4.69, 9.17) is 0 Å². The summed E-state index contributed by atoms with van der Waals surface area (Å²) < 4.78 is 0. The van der Waals surface area contributed by atoms with E-state index in [9.17, 15) is 9.59 Å². The molecule has 0 bridgehead atoms. The fourth-order valence-corrected chi connectivity index (χ4v) is 2.91. The first-order valence-electron chi connectivity index (χ1n) is 8.26. The standard InChI is InChI=1S/C20H18N4O2S/c25-19(24-18-8-4-5-13-21-18)14-27-17-11-9-16(10-12-17)23-20(26)22-15-6-2-1-3-7-15/h1-13H,14H2,(H,21,24,25)(H2,22,23,26). The van der Waals surface area contributed by atoms with E-state index < -0.39 is 0 Å². The number of anilines is 3. The molecule has 0 radical (unpaired) electrons. The molecule has 1 heterocycles. The molecule has 136 valence electrons. The molecule has 0 aliphatic heterocycles. The number of para-hydroxylation sites is 1. The minimum Gasteiger partial charge on any atom is -0.310 e. The van der Waals surface area contributed by atoms with Crippen LogP contribution in [0, 0.1) is 0 Å². The number of rotatable bonds is 6. The smallest absolute Gasteiger partial charge is 0.310 e. The highest BCUT2D eigenvalue weighted by molar-refractivity contribution is 8.00. The first kappa shape index (κ1) is 18.5. The Morgan fingerprint density at radius 2 is 1.44 bits per heavy atom. The Morgan fingerprint density at radius 3 is 2.11 bits per heavy atom. The zero-order chi connectivity index (χ0) is 18.9. The van der Waals surface area contributed by atoms with Gasteiger partial charge in [0.1, 0.15) is 5.82 Å². The van der Waals surface area contributed by atoms with E-state index in [2.05, 4.69) is 20.9 Å². The molecule has 27 heavy (non-hydrogen) atoms. The number of pyridine rings is 1. The van der Waals surface area contributed by atoms with Gasteiger partial charge in [-0.25, -0.2) is 9.78 Å². The van der Waals surface area contributed by atoms with Crippen LogP contribution in [0.4, 0.5) is 22.0 Å². The van der Waals surface area contributed by atoms with Crippen LogP contribution < -0.4 is 16.0 Å². The van der Waals surface area contributed by atoms with E-state index in [-0.39, 0.29) is 17.7 Å². The Balaban J connectivity index is 1.45. The molecular formula is C20H18N4O2S. The van der Waals surface area contributed by atoms with Crippen LogP contribution in [0.15, 0.2) is 83.9 Å². The van der Waals surface area contributed by atoms with Gasteiger partial charge in [-0.05, 0) is 48.5 Å². The van der Waals surface area contributed by atoms with Gasteiger partial charge in [0.05, 0.1) is 5.75 Å². The predicted octanol–water partition coefficient (Wildman–Crippen LogP) is 4.46. The van der Waals surface area contributed by atoms with Crippen LogP contribution in [0.1, 0.15) is 0 Å². The van der Waals surface area contributed by atoms with Crippen molar-refractivity contribution in [2.24, 2.45) is 0 Å². The van der Waals surface area contributed by atoms with Gasteiger partial charge in [-0.1, -0.05) is 24.3 Å². The lowest BCUT2D eigenvalue weighted by molar-refractivity contribution is -0.113. The Kier molecular flexibility index (Phi) is 6.43. The number of hydrogen-bond acceptors (Lipinski definition) is 4. The van der Waals surface area contributed by atoms with Crippen LogP contribution >= 0.6 is 11.8 Å². The van der Waals surface area contributed by atoms with Crippen molar-refractivity contribution in [1.29, 1.82) is 0 Å². The Morgan fingerprint density at radius 1 is 0.778 bits per heavy atom. The molecule has 3 N–H and O–H groups in total. The number of aromatic nitrogens is 1. The molecule has 2 aromatic carbocycles. The van der Waals surface area contributed by atoms with Crippen LogP contribution in [0.5, 0.6) is 0 Å². The molecule has 7 heteroatoms. The van der Waals surface area contributed by atoms with E-state index >= 15 is 0 Å². The number of carbonyl (C=O) groups is 2. The molecule has 0 saturated carbocycles. The van der Waals surface area contributed by atoms with E-state index in [1.165, 1.54) is 11.8 Å². The molecule has 0 aliphatic rings. The van der Waals surface area contributed by atoms with Crippen molar-refractivity contribution >= 4 is 40.9 Å². The van der Waals surface area contributed by atoms with Crippen molar-refractivity contribution in [3.63, 3.8) is 0 Å². The quantitative estimate of drug-likeness (QED) is 0.553. The third-order valence-corrected chi connectivity index (χ3v) is 4.46. The van der Waals surface area contributed by atoms with Gasteiger partial charge >= 0.3 is 6.03 Å². The van der Waals surface area contributed by atoms with Crippen molar-refractivity contribution in [1.82, 2.24) is 4.98 Å². The number of amides is 3. The number of nitrogens with one attached hydrogen (secondary N) is 3. The second-order valence-corrected chi connectivity index (χ2v) is 6.57. The molecule has 0 fully saturated rings. The summed E-state index contributed by atoms with van der Waals surface area (Å²) in [5, 5.41) is 8.26. The summed E-state index contributed by atoms with van der Waals surface area (Å²) in [6.07, 6.45) is 1.63. The minimum absolute atomic E-state index is 0.122. The Bertz CT molecular complexity index is 887. The summed E-state index contributed by atoms with van der Waals surface area (Å²) in [6, 6.07) is 21.6. The molecule has 3 aromatic rings. The van der Waals surface area contributed by atoms with Crippen molar-refractivity contribution in [3.8, 4) is 0 Å². The number of nitrogens with zero attached hydrogens (tertiary/aromatic N) is 1. The molecule has 0 aliphatic carbocycles. The fourth-order valence-electron chi connectivity index (χ4n) is 2.21. The maximum Gasteiger partial charge on any atom is 0.323 e. The van der Waals surface area contributed by atoms with Crippen LogP contribution in [0.2, 0.25) is 0 Å². The average Bonchev–Trinajstić information content (AvgIpc) is 2.69. The van der Waals surface area contributed by atoms with Crippen LogP contribution in [-0.2, 0) is 4.79 Å². The van der Waals surface area contributed by atoms with E-state index in [1.807, 2.05) is 48.5 Å². The van der Waals surface area contributed by atoms with E-state index in [1.54, 1.807) is 30.5 Å². The molecule has 3 amide bonds. The highest BCUT2D eigenvalue weighted by Gasteiger charge is 2.06. The summed E-state index contributed by atoms with van der Waals surface area (Å²) in [4.78, 5) is 28.9. The van der Waals surface area contributed by atoms with E-state index in [0.717, 1.165) is 10.6 Å². The molecule has 0 spiro atoms. The number of thioether (sulfide) groups is 1. The largest absolute Gasteiger partial charge is 0.323 e. The highest BCUT2D eigenvalue weighted by atomic mass is 32.2. The van der Waals surface area contributed by atoms with Gasteiger partial charge in [0.25, 0.3) is 0 Å². The number of urea groups is 1. The van der Waals surface area contributed by atoms with Crippen molar-refractivity contribution < 1.29 is 9.59 Å². The van der Waals surface area contributed by atoms with Crippen molar-refractivity contribution in [2.75, 3.05) is 21.7 Å². The van der Waals surface area contributed by atoms with Gasteiger partial charge in [0, 0.05) is 22.5 Å². The SMILES string of the molecule is O=C(CSc1ccc(NC(=O)Nc2ccccc2)cc1)Nc1ccccn1. The fraction of sp³-hybridized carbons (Fsp3) is 0.0500. The lowest BCUT2D eigenvalue weighted by Gasteiger charge is -2.08. The van der Waals surface area contributed by atoms with Gasteiger partial charge in [0.2, 0.25) is 5.91 Å². The number of hydrogen-bond donors (Lipinski definition) is 3. The average molecular weight is 378 g/mol. The number of benzene rings is 2. The predicted molar refractivity (Wildman–Crippen MR) is 109 cm³/mol. The van der Waals surface area contributed by atoms with Gasteiger partial charge in [-0.15, -0.1) is 11.8 Å². The third-order valence-electron chi connectivity index (χ3n) is 3.45. The first-order valence-corrected chi connectivity index (χ1v) is 9.24. The normalized spacial score (nSPS) is 10.1. The monoisotopic (exact) mass is 378 g/mol. The second-order valence-electron chi connectivity index (χ2n) is 5.52. The van der Waals surface area contributed by atoms with Gasteiger partial charge in [0.15, 0.2) is 0 Å². The second kappa shape index (κ2) is 9.40.